The fourth-order valence-electron chi connectivity index (χ4n) is 6.26. The maximum Gasteiger partial charge on any atom is 0.416 e. The molecule has 2 aromatic heterocycles. The number of hydrogen-bond donors (Lipinski definition) is 0. The van der Waals surface area contributed by atoms with Gasteiger partial charge in [0, 0.05) is 35.0 Å². The first-order chi connectivity index (χ1) is 23.5. The van der Waals surface area contributed by atoms with Crippen LogP contribution >= 0.6 is 0 Å². The third-order valence-electron chi connectivity index (χ3n) is 8.49. The summed E-state index contributed by atoms with van der Waals surface area (Å²) in [6.45, 7) is 13.7. The summed E-state index contributed by atoms with van der Waals surface area (Å²) < 4.78 is 64.4. The van der Waals surface area contributed by atoms with E-state index in [1.807, 2.05) is 78.8 Å². The van der Waals surface area contributed by atoms with E-state index in [9.17, 15) is 18.0 Å². The average Bonchev–Trinajstić information content (AvgIpc) is 3.04. The van der Waals surface area contributed by atoms with Gasteiger partial charge in [-0.25, -0.2) is 4.98 Å². The van der Waals surface area contributed by atoms with Gasteiger partial charge in [-0.2, -0.15) is 13.2 Å². The molecular weight excluding hydrogens is 645 g/mol. The predicted molar refractivity (Wildman–Crippen MR) is 186 cm³/mol. The fraction of sp³-hybridized carbons (Fsp3) is 0.375. The summed E-state index contributed by atoms with van der Waals surface area (Å²) in [6.07, 6.45) is -2.55. The Labute approximate surface area is 289 Å². The summed E-state index contributed by atoms with van der Waals surface area (Å²) in [5.74, 6) is 0.685. The van der Waals surface area contributed by atoms with E-state index in [1.54, 1.807) is 18.3 Å². The van der Waals surface area contributed by atoms with E-state index >= 15 is 0 Å². The van der Waals surface area contributed by atoms with Crippen molar-refractivity contribution in [2.45, 2.75) is 79.4 Å². The highest BCUT2D eigenvalue weighted by atomic mass is 19.4. The number of benzene rings is 3. The number of rotatable bonds is 8. The number of fused-ring (bicyclic) bond motifs is 1. The Morgan fingerprint density at radius 1 is 0.980 bits per heavy atom. The van der Waals surface area contributed by atoms with Gasteiger partial charge in [0.05, 0.1) is 34.2 Å². The van der Waals surface area contributed by atoms with E-state index in [0.29, 0.717) is 17.7 Å². The van der Waals surface area contributed by atoms with Gasteiger partial charge in [0.15, 0.2) is 0 Å². The Bertz CT molecular complexity index is 2070. The van der Waals surface area contributed by atoms with Gasteiger partial charge in [-0.05, 0) is 119 Å². The third-order valence-corrected chi connectivity index (χ3v) is 8.49. The first kappa shape index (κ1) is 35.1. The van der Waals surface area contributed by atoms with Crippen LogP contribution in [0, 0.1) is 12.3 Å². The summed E-state index contributed by atoms with van der Waals surface area (Å²) in [4.78, 5) is 22.7. The van der Waals surface area contributed by atoms with Crippen LogP contribution in [0.5, 0.6) is 11.6 Å². The number of ether oxygens (including phenoxy) is 4. The minimum absolute atomic E-state index is 0.0177. The first-order valence-electron chi connectivity index (χ1n) is 16.6. The van der Waals surface area contributed by atoms with Gasteiger partial charge in [-0.1, -0.05) is 12.1 Å². The van der Waals surface area contributed by atoms with Crippen LogP contribution in [0.15, 0.2) is 66.9 Å². The number of pyridine rings is 2. The molecule has 0 aliphatic carbocycles. The zero-order chi connectivity index (χ0) is 36.0. The normalized spacial score (nSPS) is 14.0. The van der Waals surface area contributed by atoms with Gasteiger partial charge in [0.1, 0.15) is 25.1 Å². The van der Waals surface area contributed by atoms with E-state index in [-0.39, 0.29) is 25.1 Å². The molecule has 10 heteroatoms. The van der Waals surface area contributed by atoms with Gasteiger partial charge < -0.3 is 18.9 Å². The molecule has 0 amide bonds. The van der Waals surface area contributed by atoms with Crippen LogP contribution in [0.25, 0.3) is 32.9 Å². The summed E-state index contributed by atoms with van der Waals surface area (Å²) >= 11 is 0. The fourth-order valence-corrected chi connectivity index (χ4v) is 6.26. The van der Waals surface area contributed by atoms with Crippen LogP contribution in [-0.2, 0) is 33.5 Å². The van der Waals surface area contributed by atoms with Gasteiger partial charge >= 0.3 is 12.1 Å². The number of aromatic nitrogens is 2. The standard InChI is InChI=1S/C40H41F3N2O5/c1-23-19-29-27(12-14-32(45-29)48-21-24-9-8-10-26(20-24)40(41,42)43)35(28-11-13-30-34-25(16-18-47-30)15-17-44-36(28)34)33(23)31(50-39(5,6)7)22-49-37(46)38(2,3)4/h8-15,17,19-20,31H,16,18,21-22H2,1-7H3. The Hall–Kier alpha value is -4.70. The predicted octanol–water partition coefficient (Wildman–Crippen LogP) is 9.74. The monoisotopic (exact) mass is 686 g/mol. The highest BCUT2D eigenvalue weighted by Gasteiger charge is 2.32. The second-order valence-electron chi connectivity index (χ2n) is 14.7. The number of carbonyl (C=O) groups excluding carboxylic acids is 1. The summed E-state index contributed by atoms with van der Waals surface area (Å²) in [6, 6.07) is 16.5. The molecule has 5 aromatic rings. The van der Waals surface area contributed by atoms with Crippen molar-refractivity contribution in [3.63, 3.8) is 0 Å². The minimum Gasteiger partial charge on any atom is -0.493 e. The lowest BCUT2D eigenvalue weighted by Crippen LogP contribution is -2.30. The SMILES string of the molecule is Cc1cc2nc(OCc3cccc(C(F)(F)F)c3)ccc2c(-c2ccc3c4c(ccnc24)CCO3)c1C(COC(=O)C(C)(C)C)OC(C)(C)C. The molecule has 1 aliphatic rings. The van der Waals surface area contributed by atoms with E-state index in [1.165, 1.54) is 6.07 Å². The molecule has 50 heavy (non-hydrogen) atoms. The van der Waals surface area contributed by atoms with Crippen molar-refractivity contribution < 1.29 is 36.9 Å². The van der Waals surface area contributed by atoms with Crippen LogP contribution in [-0.4, -0.2) is 34.8 Å². The molecule has 1 atom stereocenters. The number of alkyl halides is 3. The zero-order valence-corrected chi connectivity index (χ0v) is 29.3. The molecule has 0 bridgehead atoms. The lowest BCUT2D eigenvalue weighted by atomic mass is 9.86. The maximum atomic E-state index is 13.3. The Kier molecular flexibility index (Phi) is 9.28. The molecule has 1 unspecified atom stereocenters. The van der Waals surface area contributed by atoms with E-state index < -0.39 is 28.9 Å². The molecule has 1 aliphatic heterocycles. The second-order valence-corrected chi connectivity index (χ2v) is 14.7. The Balaban J connectivity index is 1.51. The summed E-state index contributed by atoms with van der Waals surface area (Å²) in [5, 5.41) is 1.72. The van der Waals surface area contributed by atoms with Crippen LogP contribution in [0.4, 0.5) is 13.2 Å². The molecule has 262 valence electrons. The highest BCUT2D eigenvalue weighted by Crippen LogP contribution is 2.45. The molecule has 0 spiro atoms. The van der Waals surface area contributed by atoms with E-state index in [4.69, 9.17) is 28.9 Å². The summed E-state index contributed by atoms with van der Waals surface area (Å²) in [5.41, 5.74) is 4.17. The highest BCUT2D eigenvalue weighted by molar-refractivity contribution is 6.07. The topological polar surface area (TPSA) is 79.8 Å². The van der Waals surface area contributed by atoms with Crippen LogP contribution < -0.4 is 9.47 Å². The van der Waals surface area contributed by atoms with Crippen LogP contribution in [0.2, 0.25) is 0 Å². The second kappa shape index (κ2) is 13.2. The van der Waals surface area contributed by atoms with Gasteiger partial charge in [-0.15, -0.1) is 0 Å². The van der Waals surface area contributed by atoms with E-state index in [0.717, 1.165) is 68.4 Å². The number of halogens is 3. The largest absolute Gasteiger partial charge is 0.493 e. The molecule has 0 N–H and O–H groups in total. The van der Waals surface area contributed by atoms with Crippen molar-refractivity contribution >= 4 is 27.8 Å². The van der Waals surface area contributed by atoms with Crippen molar-refractivity contribution in [1.82, 2.24) is 9.97 Å². The van der Waals surface area contributed by atoms with Crippen LogP contribution in [0.1, 0.15) is 75.5 Å². The molecule has 0 saturated carbocycles. The molecular formula is C40H41F3N2O5. The number of nitrogens with zero attached hydrogens (tertiary/aromatic N) is 2. The van der Waals surface area contributed by atoms with Crippen LogP contribution in [0.3, 0.4) is 0 Å². The molecule has 0 saturated heterocycles. The number of hydrogen-bond acceptors (Lipinski definition) is 7. The van der Waals surface area contributed by atoms with Gasteiger partial charge in [0.2, 0.25) is 5.88 Å². The number of carbonyl (C=O) groups is 1. The van der Waals surface area contributed by atoms with Crippen molar-refractivity contribution in [2.24, 2.45) is 5.41 Å². The van der Waals surface area contributed by atoms with Gasteiger partial charge in [-0.3, -0.25) is 9.78 Å². The molecule has 3 aromatic carbocycles. The molecule has 3 heterocycles. The number of aryl methyl sites for hydroxylation is 1. The average molecular weight is 687 g/mol. The molecule has 0 fully saturated rings. The van der Waals surface area contributed by atoms with Crippen molar-refractivity contribution in [2.75, 3.05) is 13.2 Å². The molecule has 0 radical (unpaired) electrons. The van der Waals surface area contributed by atoms with E-state index in [2.05, 4.69) is 0 Å². The Morgan fingerprint density at radius 3 is 2.48 bits per heavy atom. The molecule has 6 rings (SSSR count). The first-order valence-corrected chi connectivity index (χ1v) is 16.6. The van der Waals surface area contributed by atoms with Crippen molar-refractivity contribution in [3.8, 4) is 22.8 Å². The smallest absolute Gasteiger partial charge is 0.416 e. The van der Waals surface area contributed by atoms with Gasteiger partial charge in [0.25, 0.3) is 0 Å². The molecule has 7 nitrogen and oxygen atoms in total. The lowest BCUT2D eigenvalue weighted by molar-refractivity contribution is -0.162. The van der Waals surface area contributed by atoms with Crippen molar-refractivity contribution in [1.29, 1.82) is 0 Å². The van der Waals surface area contributed by atoms with Crippen molar-refractivity contribution in [3.05, 3.63) is 94.7 Å². The zero-order valence-electron chi connectivity index (χ0n) is 29.3. The third kappa shape index (κ3) is 7.40. The maximum absolute atomic E-state index is 13.3. The lowest BCUT2D eigenvalue weighted by Gasteiger charge is -2.31. The minimum atomic E-state index is -4.45. The Morgan fingerprint density at radius 2 is 1.76 bits per heavy atom. The number of esters is 1. The summed E-state index contributed by atoms with van der Waals surface area (Å²) in [7, 11) is 0. The quantitative estimate of drug-likeness (QED) is 0.150.